The predicted molar refractivity (Wildman–Crippen MR) is 106 cm³/mol. The number of nitrogens with zero attached hydrogens (tertiary/aromatic N) is 4. The molecule has 0 unspecified atom stereocenters. The smallest absolute Gasteiger partial charge is 0.242 e. The number of carbonyl (C=O) groups is 1. The molecule has 0 bridgehead atoms. The zero-order valence-electron chi connectivity index (χ0n) is 14.1. The number of aromatic nitrogens is 1. The number of piperazine rings is 1. The molecule has 2 aliphatic rings. The average Bonchev–Trinajstić information content (AvgIpc) is 3.40. The molecule has 3 rings (SSSR count). The highest BCUT2D eigenvalue weighted by Gasteiger charge is 2.36. The van der Waals surface area contributed by atoms with Crippen LogP contribution in [-0.2, 0) is 11.2 Å². The summed E-state index contributed by atoms with van der Waals surface area (Å²) < 4.78 is 0. The Hall–Kier alpha value is -1.38. The van der Waals surface area contributed by atoms with Gasteiger partial charge in [-0.2, -0.15) is 0 Å². The number of hydrogen-bond donors (Lipinski definition) is 1. The maximum Gasteiger partial charge on any atom is 0.242 e. The van der Waals surface area contributed by atoms with Crippen molar-refractivity contribution in [1.29, 1.82) is 0 Å². The van der Waals surface area contributed by atoms with Crippen LogP contribution in [0.3, 0.4) is 0 Å². The summed E-state index contributed by atoms with van der Waals surface area (Å²) in [5.74, 6) is 1.09. The lowest BCUT2D eigenvalue weighted by atomic mass is 10.2. The SMILES string of the molecule is CCNC(=NCCc1ccncc1)N1CCN(C2CC2)C(=O)C1.I. The van der Waals surface area contributed by atoms with E-state index in [4.69, 9.17) is 4.99 Å². The lowest BCUT2D eigenvalue weighted by Gasteiger charge is -2.36. The Labute approximate surface area is 160 Å². The van der Waals surface area contributed by atoms with Crippen LogP contribution in [0.25, 0.3) is 0 Å². The van der Waals surface area contributed by atoms with Gasteiger partial charge in [0.25, 0.3) is 0 Å². The van der Waals surface area contributed by atoms with E-state index < -0.39 is 0 Å². The summed E-state index contributed by atoms with van der Waals surface area (Å²) in [5, 5.41) is 3.31. The molecule has 1 saturated heterocycles. The topological polar surface area (TPSA) is 60.8 Å². The molecule has 0 aromatic carbocycles. The maximum absolute atomic E-state index is 12.3. The number of hydrogen-bond acceptors (Lipinski definition) is 3. The quantitative estimate of drug-likeness (QED) is 0.426. The number of nitrogens with one attached hydrogen (secondary N) is 1. The Balaban J connectivity index is 0.00000208. The number of rotatable bonds is 5. The largest absolute Gasteiger partial charge is 0.357 e. The van der Waals surface area contributed by atoms with E-state index >= 15 is 0 Å². The summed E-state index contributed by atoms with van der Waals surface area (Å²) >= 11 is 0. The summed E-state index contributed by atoms with van der Waals surface area (Å²) in [6.07, 6.45) is 6.84. The lowest BCUT2D eigenvalue weighted by Crippen LogP contribution is -2.55. The van der Waals surface area contributed by atoms with Crippen LogP contribution in [-0.4, -0.2) is 65.4 Å². The van der Waals surface area contributed by atoms with Crippen LogP contribution in [0.1, 0.15) is 25.3 Å². The Bertz CT molecular complexity index is 561. The van der Waals surface area contributed by atoms with Gasteiger partial charge in [-0.3, -0.25) is 14.8 Å². The Kier molecular flexibility index (Phi) is 7.26. The van der Waals surface area contributed by atoms with Crippen LogP contribution in [0.15, 0.2) is 29.5 Å². The minimum atomic E-state index is 0. The molecular formula is C17H26IN5O. The van der Waals surface area contributed by atoms with Crippen LogP contribution < -0.4 is 5.32 Å². The average molecular weight is 443 g/mol. The number of aliphatic imine (C=N–C) groups is 1. The minimum absolute atomic E-state index is 0. The molecule has 1 N–H and O–H groups in total. The lowest BCUT2D eigenvalue weighted by molar-refractivity contribution is -0.135. The molecular weight excluding hydrogens is 417 g/mol. The van der Waals surface area contributed by atoms with Crippen molar-refractivity contribution in [2.45, 2.75) is 32.2 Å². The molecule has 1 amide bonds. The minimum Gasteiger partial charge on any atom is -0.357 e. The highest BCUT2D eigenvalue weighted by atomic mass is 127. The van der Waals surface area contributed by atoms with Crippen molar-refractivity contribution in [3.63, 3.8) is 0 Å². The number of pyridine rings is 1. The zero-order valence-corrected chi connectivity index (χ0v) is 16.5. The van der Waals surface area contributed by atoms with E-state index in [9.17, 15) is 4.79 Å². The molecule has 1 saturated carbocycles. The number of carbonyl (C=O) groups excluding carboxylic acids is 1. The van der Waals surface area contributed by atoms with Crippen molar-refractivity contribution in [2.24, 2.45) is 4.99 Å². The first-order valence-corrected chi connectivity index (χ1v) is 8.49. The van der Waals surface area contributed by atoms with E-state index in [0.717, 1.165) is 32.0 Å². The van der Waals surface area contributed by atoms with Gasteiger partial charge in [-0.25, -0.2) is 0 Å². The summed E-state index contributed by atoms with van der Waals surface area (Å²) in [6.45, 7) is 5.70. The van der Waals surface area contributed by atoms with E-state index in [-0.39, 0.29) is 29.9 Å². The molecule has 2 fully saturated rings. The van der Waals surface area contributed by atoms with Crippen molar-refractivity contribution in [3.8, 4) is 0 Å². The van der Waals surface area contributed by atoms with Crippen LogP contribution in [0, 0.1) is 0 Å². The van der Waals surface area contributed by atoms with Gasteiger partial charge >= 0.3 is 0 Å². The van der Waals surface area contributed by atoms with Gasteiger partial charge in [0.1, 0.15) is 0 Å². The van der Waals surface area contributed by atoms with Crippen LogP contribution in [0.5, 0.6) is 0 Å². The molecule has 7 heteroatoms. The molecule has 0 atom stereocenters. The third-order valence-corrected chi connectivity index (χ3v) is 4.29. The van der Waals surface area contributed by atoms with Crippen molar-refractivity contribution in [2.75, 3.05) is 32.7 Å². The van der Waals surface area contributed by atoms with Gasteiger partial charge < -0.3 is 15.1 Å². The number of halogens is 1. The highest BCUT2D eigenvalue weighted by molar-refractivity contribution is 14.0. The van der Waals surface area contributed by atoms with Gasteiger partial charge in [-0.05, 0) is 43.9 Å². The van der Waals surface area contributed by atoms with Gasteiger partial charge in [0.2, 0.25) is 5.91 Å². The Morgan fingerprint density at radius 2 is 2.08 bits per heavy atom. The second-order valence-corrected chi connectivity index (χ2v) is 6.08. The first-order chi connectivity index (χ1) is 11.3. The van der Waals surface area contributed by atoms with E-state index in [1.807, 2.05) is 17.0 Å². The van der Waals surface area contributed by atoms with Crippen LogP contribution in [0.2, 0.25) is 0 Å². The predicted octanol–water partition coefficient (Wildman–Crippen LogP) is 1.51. The van der Waals surface area contributed by atoms with Gasteiger partial charge in [-0.15, -0.1) is 24.0 Å². The standard InChI is InChI=1S/C17H25N5O.HI/c1-2-19-17(20-10-7-14-5-8-18-9-6-14)21-11-12-22(15-3-4-15)16(23)13-21;/h5-6,8-9,15H,2-4,7,10-13H2,1H3,(H,19,20);1H. The number of guanidine groups is 1. The van der Waals surface area contributed by atoms with Gasteiger partial charge in [0.05, 0.1) is 6.54 Å². The fraction of sp³-hybridized carbons (Fsp3) is 0.588. The number of amides is 1. The molecule has 132 valence electrons. The van der Waals surface area contributed by atoms with Gasteiger partial charge in [0, 0.05) is 44.6 Å². The van der Waals surface area contributed by atoms with Crippen molar-refractivity contribution in [3.05, 3.63) is 30.1 Å². The molecule has 1 aliphatic carbocycles. The Morgan fingerprint density at radius 1 is 1.33 bits per heavy atom. The normalized spacial score (nSPS) is 18.4. The molecule has 6 nitrogen and oxygen atoms in total. The summed E-state index contributed by atoms with van der Waals surface area (Å²) in [5.41, 5.74) is 1.23. The molecule has 0 radical (unpaired) electrons. The van der Waals surface area contributed by atoms with Gasteiger partial charge in [-0.1, -0.05) is 0 Å². The third-order valence-electron chi connectivity index (χ3n) is 4.29. The Morgan fingerprint density at radius 3 is 2.71 bits per heavy atom. The van der Waals surface area contributed by atoms with Crippen molar-refractivity contribution < 1.29 is 4.79 Å². The van der Waals surface area contributed by atoms with E-state index in [2.05, 4.69) is 22.1 Å². The molecule has 1 aliphatic heterocycles. The second-order valence-electron chi connectivity index (χ2n) is 6.08. The monoisotopic (exact) mass is 443 g/mol. The third kappa shape index (κ3) is 5.06. The van der Waals surface area contributed by atoms with E-state index in [0.29, 0.717) is 19.1 Å². The zero-order chi connectivity index (χ0) is 16.1. The first kappa shape index (κ1) is 19.0. The molecule has 1 aromatic heterocycles. The highest BCUT2D eigenvalue weighted by Crippen LogP contribution is 2.27. The molecule has 1 aromatic rings. The van der Waals surface area contributed by atoms with Gasteiger partial charge in [0.15, 0.2) is 5.96 Å². The summed E-state index contributed by atoms with van der Waals surface area (Å²) in [4.78, 5) is 25.1. The fourth-order valence-electron chi connectivity index (χ4n) is 2.91. The fourth-order valence-corrected chi connectivity index (χ4v) is 2.91. The second kappa shape index (κ2) is 9.19. The molecule has 2 heterocycles. The van der Waals surface area contributed by atoms with Crippen LogP contribution >= 0.6 is 24.0 Å². The van der Waals surface area contributed by atoms with Crippen molar-refractivity contribution >= 4 is 35.8 Å². The summed E-state index contributed by atoms with van der Waals surface area (Å²) in [7, 11) is 0. The molecule has 0 spiro atoms. The summed E-state index contributed by atoms with van der Waals surface area (Å²) in [6, 6.07) is 4.54. The van der Waals surface area contributed by atoms with Crippen LogP contribution in [0.4, 0.5) is 0 Å². The van der Waals surface area contributed by atoms with Crippen molar-refractivity contribution in [1.82, 2.24) is 20.1 Å². The van der Waals surface area contributed by atoms with E-state index in [1.165, 1.54) is 18.4 Å². The molecule has 24 heavy (non-hydrogen) atoms. The first-order valence-electron chi connectivity index (χ1n) is 8.49. The maximum atomic E-state index is 12.3. The van der Waals surface area contributed by atoms with E-state index in [1.54, 1.807) is 12.4 Å².